The van der Waals surface area contributed by atoms with Gasteiger partial charge in [-0.2, -0.15) is 0 Å². The van der Waals surface area contributed by atoms with E-state index in [1.165, 1.54) is 25.7 Å². The van der Waals surface area contributed by atoms with Crippen molar-refractivity contribution in [1.29, 1.82) is 0 Å². The van der Waals surface area contributed by atoms with E-state index in [2.05, 4.69) is 41.0 Å². The predicted octanol–water partition coefficient (Wildman–Crippen LogP) is 2.74. The molecule has 1 fully saturated rings. The van der Waals surface area contributed by atoms with E-state index in [1.54, 1.807) is 0 Å². The first kappa shape index (κ1) is 14.3. The quantitative estimate of drug-likeness (QED) is 0.906. The largest absolute Gasteiger partial charge is 0.353 e. The van der Waals surface area contributed by atoms with Gasteiger partial charge in [-0.3, -0.25) is 4.98 Å². The second-order valence-electron chi connectivity index (χ2n) is 5.79. The molecule has 0 aromatic carbocycles. The Morgan fingerprint density at radius 2 is 2.11 bits per heavy atom. The van der Waals surface area contributed by atoms with Gasteiger partial charge in [-0.15, -0.1) is 0 Å². The summed E-state index contributed by atoms with van der Waals surface area (Å²) in [6.07, 6.45) is 9.04. The van der Waals surface area contributed by atoms with E-state index in [4.69, 9.17) is 0 Å². The van der Waals surface area contributed by atoms with Gasteiger partial charge in [0.05, 0.1) is 18.1 Å². The Morgan fingerprint density at radius 3 is 2.79 bits per heavy atom. The molecule has 1 aliphatic rings. The molecule has 2 rings (SSSR count). The highest BCUT2D eigenvalue weighted by Gasteiger charge is 2.18. The molecule has 4 heteroatoms. The number of nitrogens with zero attached hydrogens (tertiary/aromatic N) is 3. The number of rotatable bonds is 4. The van der Waals surface area contributed by atoms with E-state index in [1.807, 2.05) is 12.4 Å². The molecule has 1 atom stereocenters. The zero-order valence-electron chi connectivity index (χ0n) is 12.4. The van der Waals surface area contributed by atoms with Crippen LogP contribution in [0.4, 0.5) is 5.82 Å². The average molecular weight is 262 g/mol. The van der Waals surface area contributed by atoms with Gasteiger partial charge in [0.15, 0.2) is 0 Å². The molecule has 1 saturated heterocycles. The number of hydrogen-bond acceptors (Lipinski definition) is 4. The maximum absolute atomic E-state index is 4.60. The van der Waals surface area contributed by atoms with Crippen molar-refractivity contribution in [3.05, 3.63) is 18.1 Å². The molecular weight excluding hydrogens is 236 g/mol. The molecule has 0 radical (unpaired) electrons. The van der Waals surface area contributed by atoms with Crippen molar-refractivity contribution in [3.8, 4) is 0 Å². The van der Waals surface area contributed by atoms with Crippen LogP contribution in [0, 0.1) is 0 Å². The topological polar surface area (TPSA) is 41.1 Å². The summed E-state index contributed by atoms with van der Waals surface area (Å²) < 4.78 is 0. The van der Waals surface area contributed by atoms with Gasteiger partial charge < -0.3 is 10.2 Å². The summed E-state index contributed by atoms with van der Waals surface area (Å²) in [4.78, 5) is 11.5. The fourth-order valence-corrected chi connectivity index (χ4v) is 2.51. The second-order valence-corrected chi connectivity index (χ2v) is 5.79. The Labute approximate surface area is 116 Å². The monoisotopic (exact) mass is 262 g/mol. The van der Waals surface area contributed by atoms with Crippen molar-refractivity contribution in [1.82, 2.24) is 15.3 Å². The summed E-state index contributed by atoms with van der Waals surface area (Å²) >= 11 is 0. The molecule has 1 aromatic heterocycles. The lowest BCUT2D eigenvalue weighted by Gasteiger charge is -2.27. The summed E-state index contributed by atoms with van der Waals surface area (Å²) in [5.41, 5.74) is 1.01. The zero-order chi connectivity index (χ0) is 13.7. The molecule has 19 heavy (non-hydrogen) atoms. The Balaban J connectivity index is 2.00. The summed E-state index contributed by atoms with van der Waals surface area (Å²) in [5.74, 6) is 1.03. The zero-order valence-corrected chi connectivity index (χ0v) is 12.4. The van der Waals surface area contributed by atoms with Crippen LogP contribution in [0.1, 0.15) is 52.1 Å². The Hall–Kier alpha value is -1.16. The first-order valence-electron chi connectivity index (χ1n) is 7.48. The van der Waals surface area contributed by atoms with Gasteiger partial charge in [0, 0.05) is 25.2 Å². The molecule has 0 saturated carbocycles. The van der Waals surface area contributed by atoms with Crippen molar-refractivity contribution in [3.63, 3.8) is 0 Å². The Morgan fingerprint density at radius 1 is 1.26 bits per heavy atom. The molecule has 2 heterocycles. The molecule has 1 unspecified atom stereocenters. The van der Waals surface area contributed by atoms with Crippen LogP contribution in [-0.2, 0) is 6.54 Å². The van der Waals surface area contributed by atoms with E-state index >= 15 is 0 Å². The van der Waals surface area contributed by atoms with E-state index in [0.717, 1.165) is 24.6 Å². The third-order valence-corrected chi connectivity index (χ3v) is 3.73. The normalized spacial score (nSPS) is 20.6. The van der Waals surface area contributed by atoms with Crippen LogP contribution in [0.5, 0.6) is 0 Å². The van der Waals surface area contributed by atoms with Crippen LogP contribution >= 0.6 is 0 Å². The molecule has 0 bridgehead atoms. The number of hydrogen-bond donors (Lipinski definition) is 1. The maximum atomic E-state index is 4.60. The Bertz CT molecular complexity index is 374. The van der Waals surface area contributed by atoms with E-state index in [9.17, 15) is 0 Å². The molecule has 106 valence electrons. The minimum atomic E-state index is 0.479. The third-order valence-electron chi connectivity index (χ3n) is 3.73. The standard InChI is InChI=1S/C15H26N4/c1-12(2)16-9-14-10-18-15(11-17-14)19-8-6-4-5-7-13(19)3/h10-13,16H,4-9H2,1-3H3. The fraction of sp³-hybridized carbons (Fsp3) is 0.733. The lowest BCUT2D eigenvalue weighted by atomic mass is 10.1. The highest BCUT2D eigenvalue weighted by Crippen LogP contribution is 2.21. The maximum Gasteiger partial charge on any atom is 0.147 e. The summed E-state index contributed by atoms with van der Waals surface area (Å²) in [6.45, 7) is 8.47. The second kappa shape index (κ2) is 6.85. The minimum Gasteiger partial charge on any atom is -0.353 e. The van der Waals surface area contributed by atoms with Crippen LogP contribution in [0.3, 0.4) is 0 Å². The molecule has 1 aliphatic heterocycles. The average Bonchev–Trinajstić information content (AvgIpc) is 2.62. The van der Waals surface area contributed by atoms with Crippen LogP contribution in [-0.4, -0.2) is 28.6 Å². The highest BCUT2D eigenvalue weighted by molar-refractivity contribution is 5.37. The molecular formula is C15H26N4. The van der Waals surface area contributed by atoms with E-state index in [0.29, 0.717) is 12.1 Å². The van der Waals surface area contributed by atoms with Gasteiger partial charge in [0.25, 0.3) is 0 Å². The molecule has 0 spiro atoms. The van der Waals surface area contributed by atoms with Gasteiger partial charge >= 0.3 is 0 Å². The lowest BCUT2D eigenvalue weighted by Crippen LogP contribution is -2.33. The highest BCUT2D eigenvalue weighted by atomic mass is 15.2. The molecule has 0 amide bonds. The minimum absolute atomic E-state index is 0.479. The van der Waals surface area contributed by atoms with Crippen molar-refractivity contribution < 1.29 is 0 Å². The predicted molar refractivity (Wildman–Crippen MR) is 79.3 cm³/mol. The first-order valence-corrected chi connectivity index (χ1v) is 7.48. The first-order chi connectivity index (χ1) is 9.16. The fourth-order valence-electron chi connectivity index (χ4n) is 2.51. The van der Waals surface area contributed by atoms with Crippen LogP contribution in [0.2, 0.25) is 0 Å². The van der Waals surface area contributed by atoms with Crippen LogP contribution in [0.25, 0.3) is 0 Å². The van der Waals surface area contributed by atoms with E-state index in [-0.39, 0.29) is 0 Å². The van der Waals surface area contributed by atoms with Gasteiger partial charge in [0.2, 0.25) is 0 Å². The van der Waals surface area contributed by atoms with Crippen LogP contribution < -0.4 is 10.2 Å². The molecule has 4 nitrogen and oxygen atoms in total. The number of aromatic nitrogens is 2. The van der Waals surface area contributed by atoms with Crippen molar-refractivity contribution >= 4 is 5.82 Å². The molecule has 1 N–H and O–H groups in total. The van der Waals surface area contributed by atoms with Crippen LogP contribution in [0.15, 0.2) is 12.4 Å². The van der Waals surface area contributed by atoms with E-state index < -0.39 is 0 Å². The van der Waals surface area contributed by atoms with Gasteiger partial charge in [-0.25, -0.2) is 4.98 Å². The molecule has 0 aliphatic carbocycles. The summed E-state index contributed by atoms with van der Waals surface area (Å²) in [6, 6.07) is 1.06. The smallest absolute Gasteiger partial charge is 0.147 e. The van der Waals surface area contributed by atoms with Crippen molar-refractivity contribution in [2.24, 2.45) is 0 Å². The summed E-state index contributed by atoms with van der Waals surface area (Å²) in [5, 5.41) is 3.36. The SMILES string of the molecule is CC(C)NCc1cnc(N2CCCCCC2C)cn1. The van der Waals surface area contributed by atoms with Gasteiger partial charge in [-0.1, -0.05) is 26.7 Å². The van der Waals surface area contributed by atoms with Gasteiger partial charge in [0.1, 0.15) is 5.82 Å². The third kappa shape index (κ3) is 4.16. The Kier molecular flexibility index (Phi) is 5.14. The van der Waals surface area contributed by atoms with Crippen molar-refractivity contribution in [2.75, 3.05) is 11.4 Å². The van der Waals surface area contributed by atoms with Crippen molar-refractivity contribution in [2.45, 2.75) is 65.1 Å². The summed E-state index contributed by atoms with van der Waals surface area (Å²) in [7, 11) is 0. The number of anilines is 1. The number of nitrogens with one attached hydrogen (secondary N) is 1. The molecule has 1 aromatic rings. The van der Waals surface area contributed by atoms with Gasteiger partial charge in [-0.05, 0) is 19.8 Å². The lowest BCUT2D eigenvalue weighted by molar-refractivity contribution is 0.578.